The average molecular weight is 317 g/mol. The Hall–Kier alpha value is -1.37. The number of amides is 1. The van der Waals surface area contributed by atoms with Gasteiger partial charge in [-0.05, 0) is 24.8 Å². The Labute approximate surface area is 112 Å². The number of rotatable bonds is 4. The molecule has 0 radical (unpaired) electrons. The summed E-state index contributed by atoms with van der Waals surface area (Å²) in [5, 5.41) is 10.5. The van der Waals surface area contributed by atoms with Crippen LogP contribution in [0, 0.1) is 16.0 Å². The molecule has 1 aliphatic rings. The zero-order valence-electron chi connectivity index (χ0n) is 9.84. The van der Waals surface area contributed by atoms with Crippen LogP contribution in [-0.2, 0) is 0 Å². The molecule has 1 amide bonds. The molecule has 1 fully saturated rings. The third-order valence-corrected chi connectivity index (χ3v) is 3.79. The number of carbonyl (C=O) groups is 1. The lowest BCUT2D eigenvalue weighted by Gasteiger charge is -2.34. The zero-order chi connectivity index (χ0) is 13.3. The van der Waals surface area contributed by atoms with Gasteiger partial charge < -0.3 is 9.32 Å². The fraction of sp³-hybridized carbons (Fsp3) is 0.545. The van der Waals surface area contributed by atoms with E-state index in [1.54, 1.807) is 11.9 Å². The molecule has 0 aromatic carbocycles. The first-order valence-corrected chi connectivity index (χ1v) is 6.52. The molecule has 0 unspecified atom stereocenters. The van der Waals surface area contributed by atoms with E-state index in [9.17, 15) is 14.9 Å². The number of hydrogen-bond donors (Lipinski definition) is 0. The molecule has 0 atom stereocenters. The van der Waals surface area contributed by atoms with Crippen molar-refractivity contribution in [1.82, 2.24) is 4.90 Å². The Morgan fingerprint density at radius 3 is 2.78 bits per heavy atom. The standard InChI is InChI=1S/C11H13BrN2O4/c1-13(6-7-4-8(12)5-7)11(15)9-2-3-10(18-9)14(16)17/h2-3,7-8H,4-6H2,1H3. The van der Waals surface area contributed by atoms with Gasteiger partial charge in [-0.2, -0.15) is 0 Å². The first-order valence-electron chi connectivity index (χ1n) is 5.61. The molecule has 0 N–H and O–H groups in total. The topological polar surface area (TPSA) is 76.6 Å². The quantitative estimate of drug-likeness (QED) is 0.485. The second-order valence-electron chi connectivity index (χ2n) is 4.52. The van der Waals surface area contributed by atoms with Crippen LogP contribution in [0.4, 0.5) is 5.88 Å². The molecule has 7 heteroatoms. The van der Waals surface area contributed by atoms with E-state index in [1.165, 1.54) is 12.1 Å². The monoisotopic (exact) mass is 316 g/mol. The summed E-state index contributed by atoms with van der Waals surface area (Å²) in [6.07, 6.45) is 2.10. The Morgan fingerprint density at radius 2 is 2.28 bits per heavy atom. The predicted molar refractivity (Wildman–Crippen MR) is 67.8 cm³/mol. The Bertz CT molecular complexity index is 467. The summed E-state index contributed by atoms with van der Waals surface area (Å²) in [6.45, 7) is 0.648. The largest absolute Gasteiger partial charge is 0.433 e. The van der Waals surface area contributed by atoms with Crippen molar-refractivity contribution in [2.24, 2.45) is 5.92 Å². The SMILES string of the molecule is CN(CC1CC(Br)C1)C(=O)c1ccc([N+](=O)[O-])o1. The molecular weight excluding hydrogens is 304 g/mol. The molecule has 6 nitrogen and oxygen atoms in total. The number of alkyl halides is 1. The van der Waals surface area contributed by atoms with Gasteiger partial charge in [-0.25, -0.2) is 0 Å². The summed E-state index contributed by atoms with van der Waals surface area (Å²) in [4.78, 5) is 23.8. The van der Waals surface area contributed by atoms with Crippen molar-refractivity contribution >= 4 is 27.7 Å². The summed E-state index contributed by atoms with van der Waals surface area (Å²) in [7, 11) is 1.68. The summed E-state index contributed by atoms with van der Waals surface area (Å²) in [5.41, 5.74) is 0. The lowest BCUT2D eigenvalue weighted by molar-refractivity contribution is -0.402. The highest BCUT2D eigenvalue weighted by Crippen LogP contribution is 2.33. The molecule has 0 saturated heterocycles. The van der Waals surface area contributed by atoms with Gasteiger partial charge in [0.25, 0.3) is 5.91 Å². The fourth-order valence-electron chi connectivity index (χ4n) is 2.00. The van der Waals surface area contributed by atoms with Crippen LogP contribution in [0.3, 0.4) is 0 Å². The van der Waals surface area contributed by atoms with E-state index in [4.69, 9.17) is 4.42 Å². The lowest BCUT2D eigenvalue weighted by Crippen LogP contribution is -2.37. The molecule has 1 saturated carbocycles. The van der Waals surface area contributed by atoms with Gasteiger partial charge in [-0.15, -0.1) is 0 Å². The summed E-state index contributed by atoms with van der Waals surface area (Å²) >= 11 is 3.49. The van der Waals surface area contributed by atoms with E-state index in [0.717, 1.165) is 12.8 Å². The molecule has 1 aliphatic carbocycles. The molecule has 2 rings (SSSR count). The molecule has 1 aromatic rings. The molecule has 1 heterocycles. The van der Waals surface area contributed by atoms with E-state index in [0.29, 0.717) is 17.3 Å². The van der Waals surface area contributed by atoms with Gasteiger partial charge in [0.1, 0.15) is 4.92 Å². The molecule has 0 spiro atoms. The summed E-state index contributed by atoms with van der Waals surface area (Å²) in [6, 6.07) is 2.53. The predicted octanol–water partition coefficient (Wildman–Crippen LogP) is 2.43. The van der Waals surface area contributed by atoms with E-state index >= 15 is 0 Å². The lowest BCUT2D eigenvalue weighted by atomic mass is 9.85. The van der Waals surface area contributed by atoms with Crippen LogP contribution < -0.4 is 0 Å². The highest BCUT2D eigenvalue weighted by Gasteiger charge is 2.30. The highest BCUT2D eigenvalue weighted by molar-refractivity contribution is 9.09. The van der Waals surface area contributed by atoms with Crippen molar-refractivity contribution in [3.05, 3.63) is 28.0 Å². The maximum atomic E-state index is 11.9. The number of halogens is 1. The highest BCUT2D eigenvalue weighted by atomic mass is 79.9. The Morgan fingerprint density at radius 1 is 1.61 bits per heavy atom. The smallest absolute Gasteiger partial charge is 0.395 e. The summed E-state index contributed by atoms with van der Waals surface area (Å²) < 4.78 is 4.88. The van der Waals surface area contributed by atoms with Crippen molar-refractivity contribution in [1.29, 1.82) is 0 Å². The van der Waals surface area contributed by atoms with Gasteiger partial charge in [0.2, 0.25) is 0 Å². The Balaban J connectivity index is 1.94. The van der Waals surface area contributed by atoms with Gasteiger partial charge in [0.15, 0.2) is 5.76 Å². The Kier molecular flexibility index (Phi) is 3.70. The molecule has 98 valence electrons. The molecular formula is C11H13BrN2O4. The van der Waals surface area contributed by atoms with Crippen LogP contribution in [-0.4, -0.2) is 34.2 Å². The molecule has 18 heavy (non-hydrogen) atoms. The third-order valence-electron chi connectivity index (χ3n) is 3.04. The minimum Gasteiger partial charge on any atom is -0.395 e. The van der Waals surface area contributed by atoms with Crippen molar-refractivity contribution in [3.63, 3.8) is 0 Å². The first-order chi connectivity index (χ1) is 8.47. The van der Waals surface area contributed by atoms with Gasteiger partial charge in [0, 0.05) is 18.4 Å². The van der Waals surface area contributed by atoms with Crippen LogP contribution in [0.2, 0.25) is 0 Å². The normalized spacial score (nSPS) is 22.3. The van der Waals surface area contributed by atoms with E-state index in [-0.39, 0.29) is 11.7 Å². The van der Waals surface area contributed by atoms with E-state index in [1.807, 2.05) is 0 Å². The van der Waals surface area contributed by atoms with Gasteiger partial charge in [-0.3, -0.25) is 14.9 Å². The second-order valence-corrected chi connectivity index (χ2v) is 5.81. The number of carbonyl (C=O) groups excluding carboxylic acids is 1. The first kappa shape index (κ1) is 13.1. The van der Waals surface area contributed by atoms with E-state index < -0.39 is 10.8 Å². The zero-order valence-corrected chi connectivity index (χ0v) is 11.4. The maximum Gasteiger partial charge on any atom is 0.433 e. The molecule has 0 bridgehead atoms. The average Bonchev–Trinajstić information content (AvgIpc) is 2.75. The van der Waals surface area contributed by atoms with Crippen LogP contribution in [0.1, 0.15) is 23.4 Å². The van der Waals surface area contributed by atoms with Crippen LogP contribution >= 0.6 is 15.9 Å². The minimum absolute atomic E-state index is 0.0129. The van der Waals surface area contributed by atoms with Crippen LogP contribution in [0.15, 0.2) is 16.5 Å². The van der Waals surface area contributed by atoms with Crippen molar-refractivity contribution in [3.8, 4) is 0 Å². The van der Waals surface area contributed by atoms with Crippen molar-refractivity contribution < 1.29 is 14.1 Å². The van der Waals surface area contributed by atoms with Crippen molar-refractivity contribution in [2.75, 3.05) is 13.6 Å². The van der Waals surface area contributed by atoms with Crippen molar-refractivity contribution in [2.45, 2.75) is 17.7 Å². The van der Waals surface area contributed by atoms with Crippen LogP contribution in [0.25, 0.3) is 0 Å². The number of furan rings is 1. The molecule has 1 aromatic heterocycles. The second kappa shape index (κ2) is 5.09. The van der Waals surface area contributed by atoms with E-state index in [2.05, 4.69) is 15.9 Å². The minimum atomic E-state index is -0.655. The van der Waals surface area contributed by atoms with Gasteiger partial charge >= 0.3 is 5.88 Å². The van der Waals surface area contributed by atoms with Gasteiger partial charge in [0.05, 0.1) is 6.07 Å². The van der Waals surface area contributed by atoms with Crippen LogP contribution in [0.5, 0.6) is 0 Å². The fourth-order valence-corrected chi connectivity index (χ4v) is 3.06. The summed E-state index contributed by atoms with van der Waals surface area (Å²) in [5.74, 6) is -0.218. The van der Waals surface area contributed by atoms with Gasteiger partial charge in [-0.1, -0.05) is 15.9 Å². The maximum absolute atomic E-state index is 11.9. The number of hydrogen-bond acceptors (Lipinski definition) is 4. The third kappa shape index (κ3) is 2.72. The molecule has 0 aliphatic heterocycles. The number of nitrogens with zero attached hydrogens (tertiary/aromatic N) is 2. The number of nitro groups is 1.